The van der Waals surface area contributed by atoms with Crippen molar-refractivity contribution in [2.24, 2.45) is 11.7 Å². The molecule has 3 rings (SSSR count). The zero-order valence-corrected chi connectivity index (χ0v) is 12.6. The van der Waals surface area contributed by atoms with Crippen molar-refractivity contribution in [3.05, 3.63) is 22.4 Å². The van der Waals surface area contributed by atoms with Crippen molar-refractivity contribution in [2.45, 2.75) is 44.4 Å². The van der Waals surface area contributed by atoms with Crippen LogP contribution >= 0.6 is 11.3 Å². The van der Waals surface area contributed by atoms with Crippen LogP contribution in [-0.2, 0) is 9.53 Å². The number of nitrogens with two attached hydrogens (primary N) is 1. The van der Waals surface area contributed by atoms with Gasteiger partial charge in [-0.1, -0.05) is 6.42 Å². The molecule has 0 radical (unpaired) electrons. The molecule has 20 heavy (non-hydrogen) atoms. The lowest BCUT2D eigenvalue weighted by atomic mass is 10.0. The van der Waals surface area contributed by atoms with Gasteiger partial charge in [-0.2, -0.15) is 11.3 Å². The number of morpholine rings is 1. The second kappa shape index (κ2) is 5.84. The minimum Gasteiger partial charge on any atom is -0.367 e. The van der Waals surface area contributed by atoms with Crippen LogP contribution < -0.4 is 5.73 Å². The molecule has 0 bridgehead atoms. The Morgan fingerprint density at radius 1 is 1.45 bits per heavy atom. The van der Waals surface area contributed by atoms with Crippen LogP contribution in [0, 0.1) is 5.92 Å². The maximum Gasteiger partial charge on any atom is 0.227 e. The molecule has 4 atom stereocenters. The first kappa shape index (κ1) is 14.0. The average Bonchev–Trinajstić information content (AvgIpc) is 3.08. The maximum atomic E-state index is 12.7. The van der Waals surface area contributed by atoms with Gasteiger partial charge in [-0.25, -0.2) is 0 Å². The van der Waals surface area contributed by atoms with E-state index in [0.717, 1.165) is 19.3 Å². The van der Waals surface area contributed by atoms with E-state index < -0.39 is 0 Å². The number of thiophene rings is 1. The summed E-state index contributed by atoms with van der Waals surface area (Å²) in [6, 6.07) is 2.12. The van der Waals surface area contributed by atoms with E-state index in [2.05, 4.69) is 16.8 Å². The van der Waals surface area contributed by atoms with Crippen LogP contribution in [0.2, 0.25) is 0 Å². The lowest BCUT2D eigenvalue weighted by Gasteiger charge is -2.38. The molecular weight excluding hydrogens is 272 g/mol. The molecule has 1 aromatic rings. The first-order valence-electron chi connectivity index (χ1n) is 7.37. The summed E-state index contributed by atoms with van der Waals surface area (Å²) in [6.07, 6.45) is 3.08. The second-order valence-electron chi connectivity index (χ2n) is 5.94. The first-order valence-corrected chi connectivity index (χ1v) is 8.31. The van der Waals surface area contributed by atoms with Crippen molar-refractivity contribution < 1.29 is 9.53 Å². The van der Waals surface area contributed by atoms with E-state index in [0.29, 0.717) is 13.1 Å². The standard InChI is InChI=1S/C15H22N2O2S/c1-10-7-17(15(18)12-3-2-4-13(12)16)8-14(19-10)11-5-6-20-9-11/h5-6,9-10,12-14H,2-4,7-8,16H2,1H3. The van der Waals surface area contributed by atoms with Crippen LogP contribution in [-0.4, -0.2) is 36.0 Å². The molecule has 1 aliphatic heterocycles. The average molecular weight is 294 g/mol. The van der Waals surface area contributed by atoms with Crippen LogP contribution in [0.3, 0.4) is 0 Å². The molecule has 1 saturated carbocycles. The smallest absolute Gasteiger partial charge is 0.227 e. The van der Waals surface area contributed by atoms with Crippen LogP contribution in [0.5, 0.6) is 0 Å². The number of nitrogens with zero attached hydrogens (tertiary/aromatic N) is 1. The molecule has 5 heteroatoms. The Bertz CT molecular complexity index is 462. The second-order valence-corrected chi connectivity index (χ2v) is 6.72. The molecule has 0 spiro atoms. The van der Waals surface area contributed by atoms with Gasteiger partial charge in [-0.15, -0.1) is 0 Å². The summed E-state index contributed by atoms with van der Waals surface area (Å²) in [5.41, 5.74) is 7.25. The molecule has 4 unspecified atom stereocenters. The predicted octanol–water partition coefficient (Wildman–Crippen LogP) is 2.16. The Labute approximate surface area is 123 Å². The van der Waals surface area contributed by atoms with Crippen molar-refractivity contribution >= 4 is 17.2 Å². The monoisotopic (exact) mass is 294 g/mol. The van der Waals surface area contributed by atoms with Gasteiger partial charge in [0.2, 0.25) is 5.91 Å². The predicted molar refractivity (Wildman–Crippen MR) is 79.5 cm³/mol. The van der Waals surface area contributed by atoms with Gasteiger partial charge < -0.3 is 15.4 Å². The molecule has 110 valence electrons. The van der Waals surface area contributed by atoms with E-state index in [-0.39, 0.29) is 30.1 Å². The molecule has 1 aromatic heterocycles. The van der Waals surface area contributed by atoms with Crippen molar-refractivity contribution in [1.29, 1.82) is 0 Å². The Morgan fingerprint density at radius 2 is 2.30 bits per heavy atom. The van der Waals surface area contributed by atoms with Gasteiger partial charge >= 0.3 is 0 Å². The number of amides is 1. The highest BCUT2D eigenvalue weighted by Crippen LogP contribution is 2.31. The van der Waals surface area contributed by atoms with Gasteiger partial charge in [0, 0.05) is 12.6 Å². The lowest BCUT2D eigenvalue weighted by molar-refractivity contribution is -0.149. The topological polar surface area (TPSA) is 55.6 Å². The maximum absolute atomic E-state index is 12.7. The van der Waals surface area contributed by atoms with Gasteiger partial charge in [0.25, 0.3) is 0 Å². The highest BCUT2D eigenvalue weighted by atomic mass is 32.1. The number of ether oxygens (including phenoxy) is 1. The van der Waals surface area contributed by atoms with E-state index in [1.54, 1.807) is 11.3 Å². The summed E-state index contributed by atoms with van der Waals surface area (Å²) in [7, 11) is 0. The fraction of sp³-hybridized carbons (Fsp3) is 0.667. The minimum absolute atomic E-state index is 0.00609. The summed E-state index contributed by atoms with van der Waals surface area (Å²) >= 11 is 1.67. The number of carbonyl (C=O) groups is 1. The minimum atomic E-state index is 0.00609. The third kappa shape index (κ3) is 2.75. The van der Waals surface area contributed by atoms with E-state index in [4.69, 9.17) is 10.5 Å². The molecule has 2 N–H and O–H groups in total. The molecule has 2 aliphatic rings. The van der Waals surface area contributed by atoms with Gasteiger partial charge in [0.1, 0.15) is 6.10 Å². The molecule has 2 heterocycles. The molecule has 1 amide bonds. The summed E-state index contributed by atoms with van der Waals surface area (Å²) in [4.78, 5) is 14.6. The molecule has 1 saturated heterocycles. The van der Waals surface area contributed by atoms with Crippen LogP contribution in [0.4, 0.5) is 0 Å². The quantitative estimate of drug-likeness (QED) is 0.909. The van der Waals surface area contributed by atoms with E-state index in [1.165, 1.54) is 5.56 Å². The molecule has 0 aromatic carbocycles. The number of carbonyl (C=O) groups excluding carboxylic acids is 1. The summed E-state index contributed by atoms with van der Waals surface area (Å²) in [5, 5.41) is 4.16. The fourth-order valence-electron chi connectivity index (χ4n) is 3.30. The Morgan fingerprint density at radius 3 is 2.95 bits per heavy atom. The molecule has 1 aliphatic carbocycles. The van der Waals surface area contributed by atoms with Crippen LogP contribution in [0.1, 0.15) is 37.9 Å². The summed E-state index contributed by atoms with van der Waals surface area (Å²) < 4.78 is 5.98. The Kier molecular flexibility index (Phi) is 4.10. The summed E-state index contributed by atoms with van der Waals surface area (Å²) in [6.45, 7) is 3.37. The third-order valence-corrected chi connectivity index (χ3v) is 5.07. The van der Waals surface area contributed by atoms with Crippen molar-refractivity contribution in [1.82, 2.24) is 4.90 Å². The normalized spacial score (nSPS) is 34.4. The van der Waals surface area contributed by atoms with Gasteiger partial charge in [0.15, 0.2) is 0 Å². The van der Waals surface area contributed by atoms with Crippen molar-refractivity contribution in [3.63, 3.8) is 0 Å². The van der Waals surface area contributed by atoms with Gasteiger partial charge in [-0.3, -0.25) is 4.79 Å². The highest BCUT2D eigenvalue weighted by Gasteiger charge is 2.37. The van der Waals surface area contributed by atoms with Gasteiger partial charge in [0.05, 0.1) is 18.6 Å². The molecular formula is C15H22N2O2S. The van der Waals surface area contributed by atoms with Crippen LogP contribution in [0.15, 0.2) is 16.8 Å². The number of rotatable bonds is 2. The zero-order valence-electron chi connectivity index (χ0n) is 11.8. The SMILES string of the molecule is CC1CN(C(=O)C2CCCC2N)CC(c2ccsc2)O1. The first-order chi connectivity index (χ1) is 9.65. The Hall–Kier alpha value is -0.910. The van der Waals surface area contributed by atoms with E-state index >= 15 is 0 Å². The number of hydrogen-bond acceptors (Lipinski definition) is 4. The fourth-order valence-corrected chi connectivity index (χ4v) is 4.01. The third-order valence-electron chi connectivity index (χ3n) is 4.37. The van der Waals surface area contributed by atoms with E-state index in [9.17, 15) is 4.79 Å². The van der Waals surface area contributed by atoms with Gasteiger partial charge in [-0.05, 0) is 42.2 Å². The lowest BCUT2D eigenvalue weighted by Crippen LogP contribution is -2.50. The largest absolute Gasteiger partial charge is 0.367 e. The van der Waals surface area contributed by atoms with E-state index in [1.807, 2.05) is 11.8 Å². The van der Waals surface area contributed by atoms with Crippen molar-refractivity contribution in [2.75, 3.05) is 13.1 Å². The van der Waals surface area contributed by atoms with Crippen molar-refractivity contribution in [3.8, 4) is 0 Å². The molecule has 4 nitrogen and oxygen atoms in total. The van der Waals surface area contributed by atoms with Crippen LogP contribution in [0.25, 0.3) is 0 Å². The number of hydrogen-bond donors (Lipinski definition) is 1. The highest BCUT2D eigenvalue weighted by molar-refractivity contribution is 7.07. The Balaban J connectivity index is 1.71. The zero-order chi connectivity index (χ0) is 14.1. The summed E-state index contributed by atoms with van der Waals surface area (Å²) in [5.74, 6) is 0.244. The molecule has 2 fully saturated rings.